The van der Waals surface area contributed by atoms with E-state index in [1.807, 2.05) is 11.3 Å². The molecule has 1 aromatic carbocycles. The minimum absolute atomic E-state index is 0.0782. The number of hydrogen-bond donors (Lipinski definition) is 1. The number of thiophene rings is 1. The maximum atomic E-state index is 4.03. The summed E-state index contributed by atoms with van der Waals surface area (Å²) in [6.45, 7) is 6.30. The summed E-state index contributed by atoms with van der Waals surface area (Å²) in [7, 11) is 0. The van der Waals surface area contributed by atoms with E-state index in [9.17, 15) is 0 Å². The Balaban J connectivity index is 1.93. The van der Waals surface area contributed by atoms with Gasteiger partial charge < -0.3 is 5.32 Å². The van der Waals surface area contributed by atoms with Gasteiger partial charge in [-0.25, -0.2) is 0 Å². The van der Waals surface area contributed by atoms with Crippen LogP contribution in [0.5, 0.6) is 0 Å². The molecule has 0 bridgehead atoms. The lowest BCUT2D eigenvalue weighted by Crippen LogP contribution is -2.31. The largest absolute Gasteiger partial charge is 0.379 e. The summed E-state index contributed by atoms with van der Waals surface area (Å²) in [5, 5.41) is 5.78. The highest BCUT2D eigenvalue weighted by Crippen LogP contribution is 2.39. The number of benzene rings is 1. The van der Waals surface area contributed by atoms with Gasteiger partial charge in [-0.05, 0) is 42.3 Å². The van der Waals surface area contributed by atoms with Gasteiger partial charge in [-0.15, -0.1) is 11.3 Å². The second kappa shape index (κ2) is 4.29. The molecule has 3 rings (SSSR count). The first-order valence-electron chi connectivity index (χ1n) is 6.28. The van der Waals surface area contributed by atoms with Gasteiger partial charge in [-0.3, -0.25) is 0 Å². The molecular weight excluding hydrogens is 238 g/mol. The van der Waals surface area contributed by atoms with Gasteiger partial charge in [0.2, 0.25) is 0 Å². The average molecular weight is 255 g/mol. The van der Waals surface area contributed by atoms with Crippen molar-refractivity contribution >= 4 is 11.3 Å². The van der Waals surface area contributed by atoms with E-state index in [-0.39, 0.29) is 5.54 Å². The van der Waals surface area contributed by atoms with Gasteiger partial charge in [0.05, 0.1) is 5.54 Å². The molecule has 18 heavy (non-hydrogen) atoms. The topological polar surface area (TPSA) is 12.0 Å². The fourth-order valence-corrected chi connectivity index (χ4v) is 3.57. The van der Waals surface area contributed by atoms with Crippen LogP contribution in [-0.4, -0.2) is 0 Å². The summed E-state index contributed by atoms with van der Waals surface area (Å²) in [6.07, 6.45) is 2.22. The van der Waals surface area contributed by atoms with Crippen molar-refractivity contribution in [3.63, 3.8) is 0 Å². The van der Waals surface area contributed by atoms with Crippen LogP contribution in [-0.2, 0) is 5.54 Å². The summed E-state index contributed by atoms with van der Waals surface area (Å²) in [5.74, 6) is 0. The quantitative estimate of drug-likeness (QED) is 0.831. The molecule has 1 N–H and O–H groups in total. The molecule has 1 fully saturated rings. The SMILES string of the molecule is C=C1CCC(C)(c2cc(-c3ccccc3)cs2)N1. The van der Waals surface area contributed by atoms with Crippen LogP contribution >= 0.6 is 11.3 Å². The van der Waals surface area contributed by atoms with Gasteiger partial charge in [0.1, 0.15) is 0 Å². The van der Waals surface area contributed by atoms with E-state index in [1.165, 1.54) is 16.0 Å². The van der Waals surface area contributed by atoms with E-state index in [0.29, 0.717) is 0 Å². The first-order valence-corrected chi connectivity index (χ1v) is 7.16. The van der Waals surface area contributed by atoms with Crippen LogP contribution < -0.4 is 5.32 Å². The smallest absolute Gasteiger partial charge is 0.0690 e. The molecular formula is C16H17NS. The molecule has 0 saturated carbocycles. The Morgan fingerprint density at radius 3 is 2.67 bits per heavy atom. The number of allylic oxidation sites excluding steroid dienone is 1. The third kappa shape index (κ3) is 1.97. The summed E-state index contributed by atoms with van der Waals surface area (Å²) in [4.78, 5) is 1.40. The van der Waals surface area contributed by atoms with Crippen molar-refractivity contribution < 1.29 is 0 Å². The van der Waals surface area contributed by atoms with E-state index < -0.39 is 0 Å². The van der Waals surface area contributed by atoms with Crippen molar-refractivity contribution in [3.05, 3.63) is 58.9 Å². The lowest BCUT2D eigenvalue weighted by atomic mass is 9.97. The first kappa shape index (κ1) is 11.5. The van der Waals surface area contributed by atoms with E-state index in [1.54, 1.807) is 0 Å². The minimum atomic E-state index is 0.0782. The molecule has 1 atom stereocenters. The highest BCUT2D eigenvalue weighted by molar-refractivity contribution is 7.10. The zero-order valence-electron chi connectivity index (χ0n) is 10.6. The highest BCUT2D eigenvalue weighted by Gasteiger charge is 2.33. The predicted molar refractivity (Wildman–Crippen MR) is 78.6 cm³/mol. The Kier molecular flexibility index (Phi) is 2.75. The molecule has 1 nitrogen and oxygen atoms in total. The fourth-order valence-electron chi connectivity index (χ4n) is 2.51. The molecule has 0 radical (unpaired) electrons. The van der Waals surface area contributed by atoms with E-state index in [2.05, 4.69) is 60.6 Å². The monoisotopic (exact) mass is 255 g/mol. The summed E-state index contributed by atoms with van der Waals surface area (Å²) in [5.41, 5.74) is 3.85. The Labute approximate surface area is 112 Å². The molecule has 1 aromatic heterocycles. The number of hydrogen-bond acceptors (Lipinski definition) is 2. The van der Waals surface area contributed by atoms with Crippen LogP contribution in [0.4, 0.5) is 0 Å². The molecule has 1 aliphatic rings. The molecule has 2 heterocycles. The van der Waals surface area contributed by atoms with E-state index >= 15 is 0 Å². The summed E-state index contributed by atoms with van der Waals surface area (Å²) < 4.78 is 0. The van der Waals surface area contributed by atoms with Gasteiger partial charge in [-0.1, -0.05) is 36.9 Å². The minimum Gasteiger partial charge on any atom is -0.379 e. The van der Waals surface area contributed by atoms with E-state index in [4.69, 9.17) is 0 Å². The Morgan fingerprint density at radius 1 is 1.22 bits per heavy atom. The van der Waals surface area contributed by atoms with Crippen LogP contribution in [0.25, 0.3) is 11.1 Å². The predicted octanol–water partition coefficient (Wildman–Crippen LogP) is 4.53. The maximum absolute atomic E-state index is 4.03. The molecule has 0 spiro atoms. The van der Waals surface area contributed by atoms with Gasteiger partial charge >= 0.3 is 0 Å². The average Bonchev–Trinajstić information content (AvgIpc) is 2.99. The van der Waals surface area contributed by atoms with Crippen molar-refractivity contribution in [3.8, 4) is 11.1 Å². The van der Waals surface area contributed by atoms with Crippen molar-refractivity contribution in [1.29, 1.82) is 0 Å². The van der Waals surface area contributed by atoms with Crippen LogP contribution in [0, 0.1) is 0 Å². The first-order chi connectivity index (χ1) is 8.67. The molecule has 2 aromatic rings. The highest BCUT2D eigenvalue weighted by atomic mass is 32.1. The van der Waals surface area contributed by atoms with E-state index in [0.717, 1.165) is 18.5 Å². The number of rotatable bonds is 2. The van der Waals surface area contributed by atoms with Gasteiger partial charge in [0.15, 0.2) is 0 Å². The Morgan fingerprint density at radius 2 is 2.00 bits per heavy atom. The molecule has 92 valence electrons. The number of nitrogens with one attached hydrogen (secondary N) is 1. The summed E-state index contributed by atoms with van der Waals surface area (Å²) >= 11 is 1.84. The normalized spacial score (nSPS) is 23.1. The van der Waals surface area contributed by atoms with Crippen LogP contribution in [0.15, 0.2) is 54.1 Å². The fraction of sp³-hybridized carbons (Fsp3) is 0.250. The van der Waals surface area contributed by atoms with Crippen molar-refractivity contribution in [2.75, 3.05) is 0 Å². The van der Waals surface area contributed by atoms with Crippen LogP contribution in [0.1, 0.15) is 24.6 Å². The standard InChI is InChI=1S/C16H17NS/c1-12-8-9-16(2,17-12)15-10-14(11-18-15)13-6-4-3-5-7-13/h3-7,10-11,17H,1,8-9H2,2H3. The Hall–Kier alpha value is -1.54. The summed E-state index contributed by atoms with van der Waals surface area (Å²) in [6, 6.07) is 12.9. The third-order valence-corrected chi connectivity index (χ3v) is 4.82. The molecule has 1 unspecified atom stereocenters. The van der Waals surface area contributed by atoms with Gasteiger partial charge in [0.25, 0.3) is 0 Å². The third-order valence-electron chi connectivity index (χ3n) is 3.63. The van der Waals surface area contributed by atoms with Gasteiger partial charge in [-0.2, -0.15) is 0 Å². The maximum Gasteiger partial charge on any atom is 0.0690 e. The van der Waals surface area contributed by atoms with Crippen molar-refractivity contribution in [2.45, 2.75) is 25.3 Å². The second-order valence-corrected chi connectivity index (χ2v) is 6.04. The van der Waals surface area contributed by atoms with Crippen LogP contribution in [0.2, 0.25) is 0 Å². The lowest BCUT2D eigenvalue weighted by molar-refractivity contribution is 0.454. The zero-order chi connectivity index (χ0) is 12.6. The lowest BCUT2D eigenvalue weighted by Gasteiger charge is -2.23. The molecule has 1 saturated heterocycles. The van der Waals surface area contributed by atoms with Gasteiger partial charge in [0, 0.05) is 10.6 Å². The van der Waals surface area contributed by atoms with Crippen LogP contribution in [0.3, 0.4) is 0 Å². The molecule has 0 aliphatic carbocycles. The zero-order valence-corrected chi connectivity index (χ0v) is 11.4. The second-order valence-electron chi connectivity index (χ2n) is 5.13. The van der Waals surface area contributed by atoms with Crippen molar-refractivity contribution in [1.82, 2.24) is 5.32 Å². The van der Waals surface area contributed by atoms with Crippen molar-refractivity contribution in [2.24, 2.45) is 0 Å². The Bertz CT molecular complexity index is 570. The molecule has 2 heteroatoms. The molecule has 0 amide bonds. The molecule has 1 aliphatic heterocycles.